The van der Waals surface area contributed by atoms with Crippen LogP contribution in [0.5, 0.6) is 0 Å². The van der Waals surface area contributed by atoms with Crippen molar-refractivity contribution < 1.29 is 23.1 Å². The summed E-state index contributed by atoms with van der Waals surface area (Å²) in [7, 11) is 0. The average molecular weight is 301 g/mol. The molecule has 0 saturated heterocycles. The van der Waals surface area contributed by atoms with Crippen LogP contribution in [0.15, 0.2) is 29.6 Å². The third kappa shape index (κ3) is 3.80. The highest BCUT2D eigenvalue weighted by molar-refractivity contribution is 7.09. The number of hydrogen-bond acceptors (Lipinski definition) is 3. The van der Waals surface area contributed by atoms with Crippen LogP contribution in [0.1, 0.15) is 21.8 Å². The summed E-state index contributed by atoms with van der Waals surface area (Å²) < 4.78 is 37.7. The highest BCUT2D eigenvalue weighted by Gasteiger charge is 2.30. The lowest BCUT2D eigenvalue weighted by Crippen LogP contribution is -2.05. The largest absolute Gasteiger partial charge is 0.481 e. The third-order valence-corrected chi connectivity index (χ3v) is 3.44. The van der Waals surface area contributed by atoms with Crippen molar-refractivity contribution in [3.63, 3.8) is 0 Å². The minimum absolute atomic E-state index is 0.181. The fourth-order valence-electron chi connectivity index (χ4n) is 1.70. The second kappa shape index (κ2) is 5.62. The minimum atomic E-state index is -4.37. The lowest BCUT2D eigenvalue weighted by molar-refractivity contribution is -0.138. The summed E-state index contributed by atoms with van der Waals surface area (Å²) >= 11 is 1.24. The van der Waals surface area contributed by atoms with Gasteiger partial charge in [0.2, 0.25) is 0 Å². The first-order valence-corrected chi connectivity index (χ1v) is 6.54. The van der Waals surface area contributed by atoms with Gasteiger partial charge in [-0.3, -0.25) is 4.79 Å². The number of benzene rings is 1. The Morgan fingerprint density at radius 3 is 2.75 bits per heavy atom. The van der Waals surface area contributed by atoms with Crippen molar-refractivity contribution in [1.82, 2.24) is 4.98 Å². The number of thiazole rings is 1. The Morgan fingerprint density at radius 2 is 2.10 bits per heavy atom. The quantitative estimate of drug-likeness (QED) is 0.942. The molecule has 106 valence electrons. The molecule has 2 aromatic rings. The highest BCUT2D eigenvalue weighted by atomic mass is 32.1. The molecule has 1 heterocycles. The number of alkyl halides is 3. The van der Waals surface area contributed by atoms with Crippen LogP contribution in [0.4, 0.5) is 13.2 Å². The molecule has 0 fully saturated rings. The van der Waals surface area contributed by atoms with Crippen molar-refractivity contribution in [3.8, 4) is 0 Å². The van der Waals surface area contributed by atoms with Crippen LogP contribution in [-0.4, -0.2) is 16.1 Å². The summed E-state index contributed by atoms with van der Waals surface area (Å²) in [5.74, 6) is -0.985. The molecule has 1 aromatic heterocycles. The number of rotatable bonds is 4. The number of carboxylic acids is 1. The van der Waals surface area contributed by atoms with Crippen LogP contribution < -0.4 is 0 Å². The summed E-state index contributed by atoms with van der Waals surface area (Å²) in [6.45, 7) is 0. The Bertz CT molecular complexity index is 622. The zero-order chi connectivity index (χ0) is 14.8. The Labute approximate surface area is 116 Å². The zero-order valence-electron chi connectivity index (χ0n) is 10.1. The number of halogens is 3. The molecule has 0 radical (unpaired) electrons. The van der Waals surface area contributed by atoms with Crippen LogP contribution >= 0.6 is 11.3 Å². The van der Waals surface area contributed by atoms with E-state index in [-0.39, 0.29) is 12.8 Å². The van der Waals surface area contributed by atoms with E-state index in [1.807, 2.05) is 0 Å². The van der Waals surface area contributed by atoms with E-state index in [2.05, 4.69) is 4.98 Å². The lowest BCUT2D eigenvalue weighted by atomic mass is 10.1. The monoisotopic (exact) mass is 301 g/mol. The van der Waals surface area contributed by atoms with Crippen LogP contribution in [0.2, 0.25) is 0 Å². The third-order valence-electron chi connectivity index (χ3n) is 2.54. The van der Waals surface area contributed by atoms with Gasteiger partial charge in [-0.1, -0.05) is 18.2 Å². The van der Waals surface area contributed by atoms with Gasteiger partial charge in [0.25, 0.3) is 0 Å². The maximum Gasteiger partial charge on any atom is 0.416 e. The molecule has 0 aliphatic heterocycles. The van der Waals surface area contributed by atoms with E-state index >= 15 is 0 Å². The van der Waals surface area contributed by atoms with E-state index in [1.54, 1.807) is 11.4 Å². The molecule has 0 spiro atoms. The van der Waals surface area contributed by atoms with Crippen molar-refractivity contribution in [1.29, 1.82) is 0 Å². The normalized spacial score (nSPS) is 11.6. The first-order chi connectivity index (χ1) is 9.34. The minimum Gasteiger partial charge on any atom is -0.481 e. The van der Waals surface area contributed by atoms with Gasteiger partial charge in [0.05, 0.1) is 22.7 Å². The molecular weight excluding hydrogens is 291 g/mol. The predicted octanol–water partition coefficient (Wildman–Crippen LogP) is 3.38. The van der Waals surface area contributed by atoms with Crippen LogP contribution in [0.25, 0.3) is 0 Å². The highest BCUT2D eigenvalue weighted by Crippen LogP contribution is 2.30. The van der Waals surface area contributed by atoms with E-state index in [0.717, 1.165) is 12.1 Å². The Kier molecular flexibility index (Phi) is 4.08. The maximum absolute atomic E-state index is 12.6. The molecule has 0 bridgehead atoms. The van der Waals surface area contributed by atoms with Gasteiger partial charge in [-0.2, -0.15) is 13.2 Å². The average Bonchev–Trinajstić information content (AvgIpc) is 2.75. The summed E-state index contributed by atoms with van der Waals surface area (Å²) in [5.41, 5.74) is 0.220. The maximum atomic E-state index is 12.6. The SMILES string of the molecule is O=C(O)Cc1csc(Cc2cccc(C(F)(F)F)c2)n1. The molecule has 0 amide bonds. The van der Waals surface area contributed by atoms with Gasteiger partial charge in [0.15, 0.2) is 0 Å². The second-order valence-electron chi connectivity index (χ2n) is 4.18. The number of aliphatic carboxylic acids is 1. The molecule has 0 atom stereocenters. The van der Waals surface area contributed by atoms with E-state index in [9.17, 15) is 18.0 Å². The van der Waals surface area contributed by atoms with Crippen molar-refractivity contribution in [2.45, 2.75) is 19.0 Å². The van der Waals surface area contributed by atoms with Crippen LogP contribution in [0.3, 0.4) is 0 Å². The molecule has 0 aliphatic rings. The van der Waals surface area contributed by atoms with Gasteiger partial charge in [-0.25, -0.2) is 4.98 Å². The Morgan fingerprint density at radius 1 is 1.35 bits per heavy atom. The first-order valence-electron chi connectivity index (χ1n) is 5.66. The Hall–Kier alpha value is -1.89. The molecule has 1 N–H and O–H groups in total. The molecule has 0 saturated carbocycles. The summed E-state index contributed by atoms with van der Waals surface area (Å²) in [6, 6.07) is 5.04. The fourth-order valence-corrected chi connectivity index (χ4v) is 2.53. The molecule has 0 aliphatic carbocycles. The van der Waals surface area contributed by atoms with Gasteiger partial charge in [0.1, 0.15) is 0 Å². The molecule has 0 unspecified atom stereocenters. The first kappa shape index (κ1) is 14.5. The molecule has 1 aromatic carbocycles. The van der Waals surface area contributed by atoms with Crippen molar-refractivity contribution >= 4 is 17.3 Å². The number of nitrogens with zero attached hydrogens (tertiary/aromatic N) is 1. The van der Waals surface area contributed by atoms with Gasteiger partial charge >= 0.3 is 12.1 Å². The van der Waals surface area contributed by atoms with Gasteiger partial charge in [-0.05, 0) is 11.6 Å². The van der Waals surface area contributed by atoms with E-state index in [4.69, 9.17) is 5.11 Å². The predicted molar refractivity (Wildman–Crippen MR) is 67.7 cm³/mol. The molecule has 7 heteroatoms. The zero-order valence-corrected chi connectivity index (χ0v) is 11.0. The van der Waals surface area contributed by atoms with Gasteiger partial charge < -0.3 is 5.11 Å². The lowest BCUT2D eigenvalue weighted by Gasteiger charge is -2.07. The fraction of sp³-hybridized carbons (Fsp3) is 0.231. The van der Waals surface area contributed by atoms with E-state index in [1.165, 1.54) is 17.4 Å². The van der Waals surface area contributed by atoms with E-state index in [0.29, 0.717) is 16.3 Å². The second-order valence-corrected chi connectivity index (χ2v) is 5.12. The standard InChI is InChI=1S/C13H10F3NO2S/c14-13(15,16)9-3-1-2-8(4-9)5-11-17-10(7-20-11)6-12(18)19/h1-4,7H,5-6H2,(H,18,19). The number of aromatic nitrogens is 1. The Balaban J connectivity index is 2.14. The van der Waals surface area contributed by atoms with Crippen molar-refractivity contribution in [3.05, 3.63) is 51.5 Å². The summed E-state index contributed by atoms with van der Waals surface area (Å²) in [6.07, 6.45) is -4.29. The van der Waals surface area contributed by atoms with E-state index < -0.39 is 17.7 Å². The molecule has 2 rings (SSSR count). The summed E-state index contributed by atoms with van der Waals surface area (Å²) in [5, 5.41) is 10.8. The van der Waals surface area contributed by atoms with Crippen molar-refractivity contribution in [2.24, 2.45) is 0 Å². The number of hydrogen-bond donors (Lipinski definition) is 1. The molecular formula is C13H10F3NO2S. The molecule has 3 nitrogen and oxygen atoms in total. The smallest absolute Gasteiger partial charge is 0.416 e. The van der Waals surface area contributed by atoms with Gasteiger partial charge in [0, 0.05) is 11.8 Å². The topological polar surface area (TPSA) is 50.2 Å². The van der Waals surface area contributed by atoms with Crippen molar-refractivity contribution in [2.75, 3.05) is 0 Å². The number of carboxylic acid groups (broad SMARTS) is 1. The number of carbonyl (C=O) groups is 1. The molecule has 20 heavy (non-hydrogen) atoms. The van der Waals surface area contributed by atoms with Crippen LogP contribution in [0, 0.1) is 0 Å². The van der Waals surface area contributed by atoms with Gasteiger partial charge in [-0.15, -0.1) is 11.3 Å². The van der Waals surface area contributed by atoms with Crippen LogP contribution in [-0.2, 0) is 23.8 Å². The summed E-state index contributed by atoms with van der Waals surface area (Å²) in [4.78, 5) is 14.6.